The fraction of sp³-hybridized carbons (Fsp3) is 0.270. The third-order valence-corrected chi connectivity index (χ3v) is 14.9. The fourth-order valence-electron chi connectivity index (χ4n) is 7.89. The number of nitrogens with zero attached hydrogens (tertiary/aromatic N) is 8. The lowest BCUT2D eigenvalue weighted by Gasteiger charge is -2.19. The SMILES string of the molecule is CC(=O)c1cc2ccc(Br)cc2[nH]1.CC(C)(C)OC(=O)n1ncc2cc(Nc3ccnc(Cl)n3)ccc21.CCC.Cc1nc(Nc2ccc(-c3cnn(C(=O)OC(C)(C)C)c3)cc2)c2sccc2n1.NC1CCOC1.O=C(O)c1cc2ccc(Br)cc2s1. The summed E-state index contributed by atoms with van der Waals surface area (Å²) in [6.07, 6.45) is 7.77. The molecule has 460 valence electrons. The summed E-state index contributed by atoms with van der Waals surface area (Å²) in [6.45, 7) is 20.2. The number of hydrogen-bond acceptors (Lipinski definition) is 18. The molecule has 1 atom stereocenters. The topological polar surface area (TPSA) is 269 Å². The zero-order valence-electron chi connectivity index (χ0n) is 50.0. The van der Waals surface area contributed by atoms with Gasteiger partial charge < -0.3 is 40.7 Å². The van der Waals surface area contributed by atoms with Crippen LogP contribution in [0, 0.1) is 6.92 Å². The van der Waals surface area contributed by atoms with Crippen LogP contribution in [0.2, 0.25) is 5.28 Å². The average molecular weight is 1380 g/mol. The Bertz CT molecular complexity index is 4090. The number of rotatable bonds is 7. The number of Topliss-reactive ketones (excluding diaryl/α,β-unsaturated/α-hetero) is 1. The molecule has 1 aliphatic rings. The number of carbonyl (C=O) groups is 4. The molecular weight excluding hydrogens is 1310 g/mol. The number of anilines is 4. The molecule has 1 unspecified atom stereocenters. The molecule has 1 fully saturated rings. The van der Waals surface area contributed by atoms with Gasteiger partial charge in [-0.25, -0.2) is 34.3 Å². The zero-order valence-corrected chi connectivity index (χ0v) is 55.6. The van der Waals surface area contributed by atoms with Crippen molar-refractivity contribution in [2.75, 3.05) is 23.8 Å². The number of thiophene rings is 2. The Morgan fingerprint density at radius 1 is 0.795 bits per heavy atom. The maximum Gasteiger partial charge on any atom is 0.435 e. The fourth-order valence-corrected chi connectivity index (χ4v) is 10.6. The molecule has 20 nitrogen and oxygen atoms in total. The summed E-state index contributed by atoms with van der Waals surface area (Å²) in [5.74, 6) is 1.30. The van der Waals surface area contributed by atoms with Crippen LogP contribution in [-0.2, 0) is 14.2 Å². The van der Waals surface area contributed by atoms with Crippen molar-refractivity contribution in [2.24, 2.45) is 5.73 Å². The minimum absolute atomic E-state index is 0.0623. The van der Waals surface area contributed by atoms with Crippen LogP contribution >= 0.6 is 66.1 Å². The second kappa shape index (κ2) is 30.8. The highest BCUT2D eigenvalue weighted by Crippen LogP contribution is 2.31. The summed E-state index contributed by atoms with van der Waals surface area (Å²) < 4.78 is 22.1. The number of fused-ring (bicyclic) bond motifs is 4. The summed E-state index contributed by atoms with van der Waals surface area (Å²) in [5, 5.41) is 28.5. The molecule has 8 heterocycles. The predicted octanol–water partition coefficient (Wildman–Crippen LogP) is 17.0. The Morgan fingerprint density at radius 2 is 1.48 bits per heavy atom. The van der Waals surface area contributed by atoms with Crippen LogP contribution in [0.5, 0.6) is 0 Å². The van der Waals surface area contributed by atoms with Crippen molar-refractivity contribution >= 4 is 155 Å². The molecule has 0 bridgehead atoms. The molecule has 25 heteroatoms. The normalized spacial score (nSPS) is 12.6. The van der Waals surface area contributed by atoms with Crippen LogP contribution in [-0.4, -0.2) is 104 Å². The summed E-state index contributed by atoms with van der Waals surface area (Å²) in [5.41, 5.74) is 11.0. The van der Waals surface area contributed by atoms with E-state index in [9.17, 15) is 19.2 Å². The van der Waals surface area contributed by atoms with Crippen LogP contribution < -0.4 is 16.4 Å². The first-order valence-corrected chi connectivity index (χ1v) is 31.3. The van der Waals surface area contributed by atoms with Gasteiger partial charge in [0.1, 0.15) is 27.7 Å². The molecule has 0 saturated carbocycles. The predicted molar refractivity (Wildman–Crippen MR) is 358 cm³/mol. The van der Waals surface area contributed by atoms with Crippen LogP contribution in [0.4, 0.5) is 32.6 Å². The third-order valence-electron chi connectivity index (χ3n) is 11.7. The lowest BCUT2D eigenvalue weighted by molar-refractivity contribution is 0.0507. The molecule has 12 rings (SSSR count). The van der Waals surface area contributed by atoms with Gasteiger partial charge in [0.25, 0.3) is 0 Å². The van der Waals surface area contributed by atoms with Crippen molar-refractivity contribution < 1.29 is 38.5 Å². The van der Waals surface area contributed by atoms with E-state index in [1.54, 1.807) is 61.2 Å². The van der Waals surface area contributed by atoms with Crippen molar-refractivity contribution in [2.45, 2.75) is 99.3 Å². The van der Waals surface area contributed by atoms with Crippen molar-refractivity contribution in [3.8, 4) is 11.1 Å². The van der Waals surface area contributed by atoms with Crippen LogP contribution in [0.1, 0.15) is 101 Å². The lowest BCUT2D eigenvalue weighted by atomic mass is 10.1. The van der Waals surface area contributed by atoms with Gasteiger partial charge >= 0.3 is 18.2 Å². The number of nitrogens with two attached hydrogens (primary N) is 1. The Morgan fingerprint density at radius 3 is 2.11 bits per heavy atom. The number of carboxylic acid groups (broad SMARTS) is 1. The zero-order chi connectivity index (χ0) is 63.9. The molecule has 0 radical (unpaired) electrons. The van der Waals surface area contributed by atoms with Gasteiger partial charge in [-0.15, -0.1) is 22.7 Å². The monoisotopic (exact) mass is 1380 g/mol. The van der Waals surface area contributed by atoms with E-state index < -0.39 is 29.4 Å². The molecule has 88 heavy (non-hydrogen) atoms. The number of carboxylic acids is 1. The number of halogens is 3. The number of H-pyrrole nitrogens is 1. The maximum absolute atomic E-state index is 12.2. The number of carbonyl (C=O) groups excluding carboxylic acids is 3. The number of aromatic amines is 1. The van der Waals surface area contributed by atoms with E-state index in [4.69, 9.17) is 36.7 Å². The van der Waals surface area contributed by atoms with Crippen molar-refractivity contribution in [1.82, 2.24) is 44.5 Å². The van der Waals surface area contributed by atoms with Gasteiger partial charge in [0.2, 0.25) is 5.28 Å². The van der Waals surface area contributed by atoms with Gasteiger partial charge in [0.05, 0.1) is 40.4 Å². The van der Waals surface area contributed by atoms with E-state index >= 15 is 0 Å². The van der Waals surface area contributed by atoms with Crippen molar-refractivity contribution in [1.29, 1.82) is 0 Å². The number of benzene rings is 4. The number of ether oxygens (including phenoxy) is 3. The minimum Gasteiger partial charge on any atom is -0.477 e. The molecule has 6 N–H and O–H groups in total. The van der Waals surface area contributed by atoms with E-state index in [1.165, 1.54) is 27.1 Å². The van der Waals surface area contributed by atoms with Gasteiger partial charge in [-0.2, -0.15) is 19.6 Å². The maximum atomic E-state index is 12.2. The number of ketones is 1. The second-order valence-electron chi connectivity index (χ2n) is 21.7. The Hall–Kier alpha value is -7.97. The third kappa shape index (κ3) is 20.0. The number of hydrogen-bond donors (Lipinski definition) is 5. The molecule has 7 aromatic heterocycles. The summed E-state index contributed by atoms with van der Waals surface area (Å²) in [6, 6.07) is 32.6. The van der Waals surface area contributed by atoms with Crippen LogP contribution in [0.25, 0.3) is 53.2 Å². The Balaban J connectivity index is 0.000000167. The van der Waals surface area contributed by atoms with Gasteiger partial charge in [-0.05, 0) is 162 Å². The van der Waals surface area contributed by atoms with E-state index in [2.05, 4.69) is 91.5 Å². The van der Waals surface area contributed by atoms with Crippen molar-refractivity contribution in [3.63, 3.8) is 0 Å². The second-order valence-corrected chi connectivity index (χ2v) is 25.8. The molecule has 0 spiro atoms. The largest absolute Gasteiger partial charge is 0.477 e. The molecule has 0 amide bonds. The van der Waals surface area contributed by atoms with E-state index in [0.717, 1.165) is 99.3 Å². The number of nitrogens with one attached hydrogen (secondary N) is 3. The Kier molecular flexibility index (Phi) is 23.6. The van der Waals surface area contributed by atoms with Crippen LogP contribution in [0.15, 0.2) is 142 Å². The number of aryl methyl sites for hydroxylation is 1. The first-order chi connectivity index (χ1) is 41.7. The van der Waals surface area contributed by atoms with Gasteiger partial charge in [-0.1, -0.05) is 76.4 Å². The van der Waals surface area contributed by atoms with Gasteiger partial charge in [-0.3, -0.25) is 4.79 Å². The molecule has 11 aromatic rings. The van der Waals surface area contributed by atoms with Crippen molar-refractivity contribution in [3.05, 3.63) is 164 Å². The highest BCUT2D eigenvalue weighted by molar-refractivity contribution is 9.10. The molecule has 1 aliphatic heterocycles. The Labute approximate surface area is 538 Å². The lowest BCUT2D eigenvalue weighted by Crippen LogP contribution is -2.27. The first-order valence-electron chi connectivity index (χ1n) is 27.6. The average Bonchev–Trinajstić information content (AvgIpc) is 4.40. The smallest absolute Gasteiger partial charge is 0.435 e. The summed E-state index contributed by atoms with van der Waals surface area (Å²) in [4.78, 5) is 66.3. The number of aromatic nitrogens is 9. The molecule has 1 saturated heterocycles. The molecule has 0 aliphatic carbocycles. The standard InChI is InChI=1S/C21H21N5O2S.C16H16ClN5O2.C10H8BrNO.C9H5BrO2S.C4H9NO.C3H8/c1-13-23-17-9-10-29-18(17)19(24-13)25-16-7-5-14(6-8-16)15-11-22-26(12-15)20(27)28-21(2,3)4;1-16(2,3)24-15(23)22-12-5-4-11(8-10(12)9-19-22)20-13-6-7-18-14(17)21-13;1-6(13)9-4-7-2-3-8(11)5-10(7)12-9;10-6-2-1-5-3-8(9(11)12)13-7(5)4-6;5-4-1-2-6-3-4;1-3-2/h5-12H,1-4H3,(H,23,24,25);4-9H,1-3H3,(H,18,20,21);2-5,12H,1H3;1-4H,(H,11,12);4H,1-3,5H2;3H2,1-2H3. The minimum atomic E-state index is -0.864. The molecule has 4 aromatic carbocycles. The quantitative estimate of drug-likeness (QED) is 0.0733. The van der Waals surface area contributed by atoms with Crippen LogP contribution in [0.3, 0.4) is 0 Å². The summed E-state index contributed by atoms with van der Waals surface area (Å²) in [7, 11) is 0. The molecular formula is C63H67Br2ClN12O8S2. The number of aromatic carboxylic acids is 1. The van der Waals surface area contributed by atoms with E-state index in [-0.39, 0.29) is 11.1 Å². The van der Waals surface area contributed by atoms with E-state index in [1.807, 2.05) is 139 Å². The highest BCUT2D eigenvalue weighted by atomic mass is 79.9. The highest BCUT2D eigenvalue weighted by Gasteiger charge is 2.21. The first kappa shape index (κ1) is 67.5. The van der Waals surface area contributed by atoms with Gasteiger partial charge in [0.15, 0.2) is 11.6 Å². The van der Waals surface area contributed by atoms with Gasteiger partial charge in [0, 0.05) is 78.8 Å². The summed E-state index contributed by atoms with van der Waals surface area (Å²) >= 11 is 15.4. The van der Waals surface area contributed by atoms with E-state index in [0.29, 0.717) is 27.9 Å².